The molecule has 7 N–H and O–H groups in total. The molecule has 9 nitrogen and oxygen atoms in total. The minimum absolute atomic E-state index is 0. The van der Waals surface area contributed by atoms with Crippen LogP contribution in [0.2, 0.25) is 0 Å². The highest BCUT2D eigenvalue weighted by atomic mass is 16.5. The fourth-order valence-corrected chi connectivity index (χ4v) is 2.57. The van der Waals surface area contributed by atoms with Gasteiger partial charge in [-0.25, -0.2) is 5.48 Å². The van der Waals surface area contributed by atoms with E-state index in [0.29, 0.717) is 29.8 Å². The van der Waals surface area contributed by atoms with Crippen molar-refractivity contribution in [3.05, 3.63) is 70.8 Å². The summed E-state index contributed by atoms with van der Waals surface area (Å²) in [7, 11) is 0. The highest BCUT2D eigenvalue weighted by Gasteiger charge is 2.25. The third kappa shape index (κ3) is 7.52. The summed E-state index contributed by atoms with van der Waals surface area (Å²) in [6.45, 7) is 2.06. The number of hydrogen-bond donors (Lipinski definition) is 6. The quantitative estimate of drug-likeness (QED) is 0.208. The molecule has 0 bridgehead atoms. The van der Waals surface area contributed by atoms with Crippen molar-refractivity contribution in [1.82, 2.24) is 16.1 Å². The van der Waals surface area contributed by atoms with E-state index in [1.807, 2.05) is 0 Å². The van der Waals surface area contributed by atoms with Gasteiger partial charge in [-0.15, -0.1) is 0 Å². The summed E-state index contributed by atoms with van der Waals surface area (Å²) in [5.41, 5.74) is 8.80. The summed E-state index contributed by atoms with van der Waals surface area (Å²) >= 11 is 0. The van der Waals surface area contributed by atoms with Crippen molar-refractivity contribution in [3.63, 3.8) is 0 Å². The van der Waals surface area contributed by atoms with Gasteiger partial charge >= 0.3 is 0 Å². The van der Waals surface area contributed by atoms with Gasteiger partial charge in [0, 0.05) is 35.3 Å². The highest BCUT2D eigenvalue weighted by molar-refractivity contribution is 5.97. The Hall–Kier alpha value is -3.71. The van der Waals surface area contributed by atoms with Crippen LogP contribution in [0.1, 0.15) is 46.2 Å². The molecule has 0 saturated carbocycles. The number of rotatable bonds is 7. The number of hydrogen-bond acceptors (Lipinski definition) is 6. The Bertz CT molecular complexity index is 993. The molecule has 0 saturated heterocycles. The summed E-state index contributed by atoms with van der Waals surface area (Å²) in [4.78, 5) is 35.8. The van der Waals surface area contributed by atoms with E-state index in [2.05, 4.69) is 22.5 Å². The van der Waals surface area contributed by atoms with Crippen molar-refractivity contribution >= 4 is 17.7 Å². The molecule has 0 spiro atoms. The second kappa shape index (κ2) is 12.9. The first-order valence-electron chi connectivity index (χ1n) is 9.49. The first-order chi connectivity index (χ1) is 14.8. The van der Waals surface area contributed by atoms with Crippen LogP contribution in [-0.2, 0) is 4.79 Å². The number of aliphatic hydroxyl groups is 1. The summed E-state index contributed by atoms with van der Waals surface area (Å²) < 4.78 is 0. The first-order valence-corrected chi connectivity index (χ1v) is 9.49. The Morgan fingerprint density at radius 2 is 1.66 bits per heavy atom. The van der Waals surface area contributed by atoms with E-state index in [1.54, 1.807) is 36.4 Å². The Balaban J connectivity index is 0.00000512. The molecule has 2 aromatic carbocycles. The fourth-order valence-electron chi connectivity index (χ4n) is 2.57. The number of benzene rings is 2. The van der Waals surface area contributed by atoms with Gasteiger partial charge in [0.15, 0.2) is 0 Å². The molecule has 9 heteroatoms. The molecule has 0 fully saturated rings. The molecule has 2 rings (SSSR count). The molecule has 0 aliphatic rings. The maximum Gasteiger partial charge on any atom is 0.268 e. The standard InChI is InChI=1S/C22H24N4O5.CH4/c1-14(27)19(22(30)26-31)25-21(29)17-9-7-15(8-10-17)5-6-16-3-2-4-18(13-16)20(28)24-12-11-23;/h2-4,7-10,13-14,19,27,31H,11-12,23H2,1H3,(H,24,28)(H,25,29)(H,26,30);1H4/t14-,19+;/m1./s1. The van der Waals surface area contributed by atoms with Crippen molar-refractivity contribution in [1.29, 1.82) is 0 Å². The predicted molar refractivity (Wildman–Crippen MR) is 120 cm³/mol. The van der Waals surface area contributed by atoms with Crippen LogP contribution in [0.15, 0.2) is 48.5 Å². The Labute approximate surface area is 187 Å². The van der Waals surface area contributed by atoms with Gasteiger partial charge in [-0.05, 0) is 49.4 Å². The lowest BCUT2D eigenvalue weighted by Gasteiger charge is -2.19. The number of nitrogens with one attached hydrogen (secondary N) is 3. The molecule has 0 unspecified atom stereocenters. The van der Waals surface area contributed by atoms with Gasteiger partial charge in [-0.2, -0.15) is 0 Å². The number of nitrogens with two attached hydrogens (primary N) is 1. The molecule has 0 aliphatic heterocycles. The van der Waals surface area contributed by atoms with E-state index in [9.17, 15) is 19.5 Å². The zero-order chi connectivity index (χ0) is 22.8. The fraction of sp³-hybridized carbons (Fsp3) is 0.261. The normalized spacial score (nSPS) is 11.6. The van der Waals surface area contributed by atoms with Gasteiger partial charge in [0.1, 0.15) is 6.04 Å². The van der Waals surface area contributed by atoms with E-state index < -0.39 is 24.0 Å². The van der Waals surface area contributed by atoms with Gasteiger partial charge in [0.2, 0.25) is 0 Å². The summed E-state index contributed by atoms with van der Waals surface area (Å²) in [6, 6.07) is 11.9. The summed E-state index contributed by atoms with van der Waals surface area (Å²) in [5.74, 6) is 4.17. The lowest BCUT2D eigenvalue weighted by atomic mass is 10.1. The van der Waals surface area contributed by atoms with Crippen molar-refractivity contribution < 1.29 is 24.7 Å². The highest BCUT2D eigenvalue weighted by Crippen LogP contribution is 2.07. The van der Waals surface area contributed by atoms with E-state index in [4.69, 9.17) is 10.9 Å². The number of carbonyl (C=O) groups is 3. The third-order valence-corrected chi connectivity index (χ3v) is 4.21. The van der Waals surface area contributed by atoms with Gasteiger partial charge in [0.05, 0.1) is 6.10 Å². The number of amides is 3. The number of aliphatic hydroxyl groups excluding tert-OH is 1. The Morgan fingerprint density at radius 1 is 1.00 bits per heavy atom. The van der Waals surface area contributed by atoms with E-state index in [-0.39, 0.29) is 18.9 Å². The molecular formula is C23H28N4O5. The van der Waals surface area contributed by atoms with Crippen molar-refractivity contribution in [2.45, 2.75) is 26.5 Å². The SMILES string of the molecule is C.C[C@@H](O)[C@H](NC(=O)c1ccc(C#Cc2cccc(C(=O)NCCN)c2)cc1)C(=O)NO. The minimum Gasteiger partial charge on any atom is -0.391 e. The Morgan fingerprint density at radius 3 is 2.25 bits per heavy atom. The number of carbonyl (C=O) groups excluding carboxylic acids is 3. The second-order valence-corrected chi connectivity index (χ2v) is 6.62. The maximum atomic E-state index is 12.3. The zero-order valence-electron chi connectivity index (χ0n) is 16.9. The minimum atomic E-state index is -1.30. The zero-order valence-corrected chi connectivity index (χ0v) is 16.9. The van der Waals surface area contributed by atoms with Crippen LogP contribution in [0.4, 0.5) is 0 Å². The molecule has 0 heterocycles. The molecule has 170 valence electrons. The van der Waals surface area contributed by atoms with E-state index >= 15 is 0 Å². The van der Waals surface area contributed by atoms with Crippen LogP contribution in [-0.4, -0.2) is 53.3 Å². The van der Waals surface area contributed by atoms with Crippen LogP contribution in [0.25, 0.3) is 0 Å². The van der Waals surface area contributed by atoms with Crippen molar-refractivity contribution in [2.24, 2.45) is 5.73 Å². The van der Waals surface area contributed by atoms with Crippen LogP contribution >= 0.6 is 0 Å². The first kappa shape index (κ1) is 26.3. The van der Waals surface area contributed by atoms with E-state index in [1.165, 1.54) is 24.5 Å². The average Bonchev–Trinajstić information content (AvgIpc) is 2.79. The molecular weight excluding hydrogens is 412 g/mol. The van der Waals surface area contributed by atoms with Crippen LogP contribution in [0.5, 0.6) is 0 Å². The molecule has 0 radical (unpaired) electrons. The van der Waals surface area contributed by atoms with Crippen LogP contribution < -0.4 is 21.8 Å². The third-order valence-electron chi connectivity index (χ3n) is 4.21. The van der Waals surface area contributed by atoms with Gasteiger partial charge < -0.3 is 21.5 Å². The predicted octanol–water partition coefficient (Wildman–Crippen LogP) is 0.396. The summed E-state index contributed by atoms with van der Waals surface area (Å²) in [6.07, 6.45) is -1.20. The second-order valence-electron chi connectivity index (χ2n) is 6.62. The summed E-state index contributed by atoms with van der Waals surface area (Å²) in [5, 5.41) is 23.3. The lowest BCUT2D eigenvalue weighted by molar-refractivity contribution is -0.133. The van der Waals surface area contributed by atoms with Crippen LogP contribution in [0.3, 0.4) is 0 Å². The molecule has 0 aliphatic carbocycles. The largest absolute Gasteiger partial charge is 0.391 e. The smallest absolute Gasteiger partial charge is 0.268 e. The monoisotopic (exact) mass is 440 g/mol. The molecule has 3 amide bonds. The molecule has 2 atom stereocenters. The van der Waals surface area contributed by atoms with Gasteiger partial charge in [-0.3, -0.25) is 19.6 Å². The van der Waals surface area contributed by atoms with Crippen molar-refractivity contribution in [3.8, 4) is 11.8 Å². The van der Waals surface area contributed by atoms with Crippen molar-refractivity contribution in [2.75, 3.05) is 13.1 Å². The number of hydroxylamine groups is 1. The molecule has 0 aromatic heterocycles. The average molecular weight is 441 g/mol. The van der Waals surface area contributed by atoms with Crippen LogP contribution in [0, 0.1) is 11.8 Å². The Kier molecular flexibility index (Phi) is 10.6. The van der Waals surface area contributed by atoms with Gasteiger partial charge in [0.25, 0.3) is 17.7 Å². The van der Waals surface area contributed by atoms with Gasteiger partial charge in [-0.1, -0.05) is 25.3 Å². The molecule has 2 aromatic rings. The lowest BCUT2D eigenvalue weighted by Crippen LogP contribution is -2.51. The van der Waals surface area contributed by atoms with E-state index in [0.717, 1.165) is 0 Å². The maximum absolute atomic E-state index is 12.3. The molecule has 32 heavy (non-hydrogen) atoms. The topological polar surface area (TPSA) is 154 Å².